The van der Waals surface area contributed by atoms with Gasteiger partial charge in [-0.3, -0.25) is 0 Å². The zero-order valence-corrected chi connectivity index (χ0v) is 18.5. The molecular formula is C27H27NO2S. The van der Waals surface area contributed by atoms with Gasteiger partial charge in [0.15, 0.2) is 0 Å². The average Bonchev–Trinajstić information content (AvgIpc) is 2.79. The van der Waals surface area contributed by atoms with E-state index in [1.807, 2.05) is 73.7 Å². The normalized spacial score (nSPS) is 13.5. The summed E-state index contributed by atoms with van der Waals surface area (Å²) in [7, 11) is -3.66. The van der Waals surface area contributed by atoms with E-state index in [0.717, 1.165) is 16.7 Å². The van der Waals surface area contributed by atoms with E-state index in [1.54, 1.807) is 24.3 Å². The van der Waals surface area contributed by atoms with Crippen LogP contribution >= 0.6 is 0 Å². The lowest BCUT2D eigenvalue weighted by atomic mass is 9.75. The molecule has 4 heteroatoms. The Balaban J connectivity index is 1.90. The lowest BCUT2D eigenvalue weighted by Crippen LogP contribution is -2.40. The standard InChI is InChI=1S/C27H27NO2S/c1-3-20-27(25-14-8-5-9-15-25,21-10-13-24-11-6-4-7-12-24)22-28-31(29,30)26-18-16-23(2)17-19-26/h1,4-19,28H,20-22H2,2H3/b13-10+. The molecule has 1 unspecified atom stereocenters. The summed E-state index contributed by atoms with van der Waals surface area (Å²) in [5.41, 5.74) is 2.55. The fraction of sp³-hybridized carbons (Fsp3) is 0.185. The van der Waals surface area contributed by atoms with Gasteiger partial charge in [-0.25, -0.2) is 13.1 Å². The van der Waals surface area contributed by atoms with Crippen LogP contribution in [0.3, 0.4) is 0 Å². The molecule has 1 atom stereocenters. The molecular weight excluding hydrogens is 402 g/mol. The largest absolute Gasteiger partial charge is 0.240 e. The fourth-order valence-electron chi connectivity index (χ4n) is 3.53. The molecule has 0 fully saturated rings. The van der Waals surface area contributed by atoms with E-state index in [0.29, 0.717) is 12.8 Å². The molecule has 158 valence electrons. The second-order valence-electron chi connectivity index (χ2n) is 7.68. The quantitative estimate of drug-likeness (QED) is 0.467. The average molecular weight is 430 g/mol. The molecule has 0 radical (unpaired) electrons. The van der Waals surface area contributed by atoms with Crippen molar-refractivity contribution in [3.8, 4) is 12.3 Å². The predicted molar refractivity (Wildman–Crippen MR) is 128 cm³/mol. The molecule has 0 aliphatic carbocycles. The Kier molecular flexibility index (Phi) is 7.46. The highest BCUT2D eigenvalue weighted by atomic mass is 32.2. The van der Waals surface area contributed by atoms with Crippen LogP contribution < -0.4 is 4.72 Å². The topological polar surface area (TPSA) is 46.2 Å². The first-order valence-electron chi connectivity index (χ1n) is 10.2. The first-order valence-corrected chi connectivity index (χ1v) is 11.7. The maximum absolute atomic E-state index is 12.9. The van der Waals surface area contributed by atoms with E-state index in [1.165, 1.54) is 0 Å². The van der Waals surface area contributed by atoms with Crippen LogP contribution in [0.4, 0.5) is 0 Å². The lowest BCUT2D eigenvalue weighted by molar-refractivity contribution is 0.434. The highest BCUT2D eigenvalue weighted by Crippen LogP contribution is 2.32. The molecule has 3 nitrogen and oxygen atoms in total. The van der Waals surface area contributed by atoms with E-state index >= 15 is 0 Å². The lowest BCUT2D eigenvalue weighted by Gasteiger charge is -2.32. The Morgan fingerprint density at radius 1 is 0.935 bits per heavy atom. The minimum atomic E-state index is -3.66. The number of nitrogens with one attached hydrogen (secondary N) is 1. The summed E-state index contributed by atoms with van der Waals surface area (Å²) in [6.45, 7) is 2.13. The van der Waals surface area contributed by atoms with Crippen LogP contribution in [0, 0.1) is 19.3 Å². The van der Waals surface area contributed by atoms with Crippen molar-refractivity contribution >= 4 is 16.1 Å². The monoisotopic (exact) mass is 429 g/mol. The van der Waals surface area contributed by atoms with Crippen LogP contribution in [0.5, 0.6) is 0 Å². The van der Waals surface area contributed by atoms with E-state index in [2.05, 4.69) is 16.7 Å². The zero-order chi connectivity index (χ0) is 22.2. The molecule has 0 amide bonds. The van der Waals surface area contributed by atoms with Gasteiger partial charge in [0, 0.05) is 18.4 Å². The van der Waals surface area contributed by atoms with Crippen molar-refractivity contribution in [3.05, 3.63) is 108 Å². The summed E-state index contributed by atoms with van der Waals surface area (Å²) >= 11 is 0. The van der Waals surface area contributed by atoms with Gasteiger partial charge in [0.2, 0.25) is 10.0 Å². The van der Waals surface area contributed by atoms with Crippen LogP contribution in [0.2, 0.25) is 0 Å². The summed E-state index contributed by atoms with van der Waals surface area (Å²) in [5, 5.41) is 0. The van der Waals surface area contributed by atoms with E-state index in [4.69, 9.17) is 6.42 Å². The second kappa shape index (κ2) is 10.3. The number of benzene rings is 3. The molecule has 0 saturated carbocycles. The molecule has 0 aliphatic heterocycles. The Morgan fingerprint density at radius 2 is 1.55 bits per heavy atom. The Labute approximate surface area is 185 Å². The zero-order valence-electron chi connectivity index (χ0n) is 17.7. The highest BCUT2D eigenvalue weighted by Gasteiger charge is 2.32. The molecule has 3 rings (SSSR count). The summed E-state index contributed by atoms with van der Waals surface area (Å²) in [5.74, 6) is 2.77. The van der Waals surface area contributed by atoms with Crippen molar-refractivity contribution in [2.75, 3.05) is 6.54 Å². The van der Waals surface area contributed by atoms with Crippen LogP contribution in [0.25, 0.3) is 6.08 Å². The van der Waals surface area contributed by atoms with Crippen LogP contribution in [0.1, 0.15) is 29.5 Å². The number of aryl methyl sites for hydroxylation is 1. The van der Waals surface area contributed by atoms with Gasteiger partial charge in [-0.05, 0) is 36.6 Å². The van der Waals surface area contributed by atoms with Gasteiger partial charge < -0.3 is 0 Å². The first-order chi connectivity index (χ1) is 15.0. The molecule has 3 aromatic carbocycles. The van der Waals surface area contributed by atoms with Gasteiger partial charge in [0.1, 0.15) is 0 Å². The number of sulfonamides is 1. The van der Waals surface area contributed by atoms with Crippen molar-refractivity contribution in [3.63, 3.8) is 0 Å². The first kappa shape index (κ1) is 22.6. The summed E-state index contributed by atoms with van der Waals surface area (Å²) in [4.78, 5) is 0.251. The van der Waals surface area contributed by atoms with Crippen LogP contribution in [-0.2, 0) is 15.4 Å². The maximum atomic E-state index is 12.9. The van der Waals surface area contributed by atoms with Gasteiger partial charge in [-0.2, -0.15) is 0 Å². The van der Waals surface area contributed by atoms with Gasteiger partial charge >= 0.3 is 0 Å². The third-order valence-electron chi connectivity index (χ3n) is 5.38. The fourth-order valence-corrected chi connectivity index (χ4v) is 4.66. The van der Waals surface area contributed by atoms with Crippen molar-refractivity contribution in [1.29, 1.82) is 0 Å². The van der Waals surface area contributed by atoms with Crippen molar-refractivity contribution in [2.45, 2.75) is 30.1 Å². The Hall–Kier alpha value is -3.13. The van der Waals surface area contributed by atoms with Gasteiger partial charge in [-0.1, -0.05) is 90.5 Å². The molecule has 3 aromatic rings. The molecule has 0 aliphatic rings. The molecule has 0 spiro atoms. The molecule has 0 saturated heterocycles. The molecule has 1 N–H and O–H groups in total. The maximum Gasteiger partial charge on any atom is 0.240 e. The molecule has 0 bridgehead atoms. The number of allylic oxidation sites excluding steroid dienone is 1. The second-order valence-corrected chi connectivity index (χ2v) is 9.45. The van der Waals surface area contributed by atoms with Crippen LogP contribution in [0.15, 0.2) is 95.9 Å². The SMILES string of the molecule is C#CCC(C/C=C/c1ccccc1)(CNS(=O)(=O)c1ccc(C)cc1)c1ccccc1. The van der Waals surface area contributed by atoms with Gasteiger partial charge in [0.25, 0.3) is 0 Å². The van der Waals surface area contributed by atoms with Crippen molar-refractivity contribution in [1.82, 2.24) is 4.72 Å². The van der Waals surface area contributed by atoms with Crippen LogP contribution in [-0.4, -0.2) is 15.0 Å². The highest BCUT2D eigenvalue weighted by molar-refractivity contribution is 7.89. The predicted octanol–water partition coefficient (Wildman–Crippen LogP) is 5.34. The summed E-state index contributed by atoms with van der Waals surface area (Å²) in [6, 6.07) is 26.7. The Morgan fingerprint density at radius 3 is 2.16 bits per heavy atom. The smallest absolute Gasteiger partial charge is 0.210 e. The summed E-state index contributed by atoms with van der Waals surface area (Å²) in [6.07, 6.45) is 10.9. The molecule has 31 heavy (non-hydrogen) atoms. The molecule has 0 heterocycles. The number of rotatable bonds is 9. The number of hydrogen-bond acceptors (Lipinski definition) is 2. The van der Waals surface area contributed by atoms with E-state index in [-0.39, 0.29) is 11.4 Å². The number of terminal acetylenes is 1. The minimum absolute atomic E-state index is 0.205. The van der Waals surface area contributed by atoms with Crippen molar-refractivity contribution < 1.29 is 8.42 Å². The summed E-state index contributed by atoms with van der Waals surface area (Å²) < 4.78 is 28.7. The Bertz CT molecular complexity index is 1150. The van der Waals surface area contributed by atoms with E-state index < -0.39 is 15.4 Å². The molecule has 0 aromatic heterocycles. The minimum Gasteiger partial charge on any atom is -0.210 e. The number of hydrogen-bond donors (Lipinski definition) is 1. The third-order valence-corrected chi connectivity index (χ3v) is 6.79. The van der Waals surface area contributed by atoms with Gasteiger partial charge in [-0.15, -0.1) is 12.3 Å². The van der Waals surface area contributed by atoms with E-state index in [9.17, 15) is 8.42 Å². The van der Waals surface area contributed by atoms with Crippen molar-refractivity contribution in [2.24, 2.45) is 0 Å². The third kappa shape index (κ3) is 5.95. The van der Waals surface area contributed by atoms with Gasteiger partial charge in [0.05, 0.1) is 4.90 Å².